The van der Waals surface area contributed by atoms with Crippen LogP contribution in [0.4, 0.5) is 11.9 Å². The van der Waals surface area contributed by atoms with E-state index in [2.05, 4.69) is 34.1 Å². The van der Waals surface area contributed by atoms with Crippen molar-refractivity contribution in [3.63, 3.8) is 0 Å². The zero-order valence-electron chi connectivity index (χ0n) is 12.0. The Hall–Kier alpha value is -1.14. The van der Waals surface area contributed by atoms with Gasteiger partial charge in [-0.2, -0.15) is 15.0 Å². The lowest BCUT2D eigenvalue weighted by Crippen LogP contribution is -2.30. The Bertz CT molecular complexity index is 433. The lowest BCUT2D eigenvalue weighted by Gasteiger charge is -2.26. The van der Waals surface area contributed by atoms with Crippen molar-refractivity contribution in [3.05, 3.63) is 5.28 Å². The van der Waals surface area contributed by atoms with E-state index in [9.17, 15) is 5.11 Å². The number of nitrogens with zero attached hydrogens (tertiary/aromatic N) is 4. The monoisotopic (exact) mass is 299 g/mol. The largest absolute Gasteiger partial charge is 0.393 e. The van der Waals surface area contributed by atoms with Crippen molar-refractivity contribution in [2.24, 2.45) is 0 Å². The minimum atomic E-state index is -0.166. The summed E-state index contributed by atoms with van der Waals surface area (Å²) in [5.41, 5.74) is 0. The first-order valence-corrected chi connectivity index (χ1v) is 7.61. The molecule has 112 valence electrons. The van der Waals surface area contributed by atoms with Gasteiger partial charge in [-0.1, -0.05) is 0 Å². The molecule has 0 atom stereocenters. The molecule has 0 spiro atoms. The fraction of sp³-hybridized carbons (Fsp3) is 0.769. The third-order valence-corrected chi connectivity index (χ3v) is 3.84. The molecule has 20 heavy (non-hydrogen) atoms. The third kappa shape index (κ3) is 3.93. The van der Waals surface area contributed by atoms with E-state index >= 15 is 0 Å². The molecule has 1 aromatic heterocycles. The Morgan fingerprint density at radius 1 is 1.15 bits per heavy atom. The topological polar surface area (TPSA) is 74.2 Å². The van der Waals surface area contributed by atoms with E-state index < -0.39 is 0 Å². The van der Waals surface area contributed by atoms with Gasteiger partial charge in [-0.25, -0.2) is 0 Å². The number of halogens is 1. The summed E-state index contributed by atoms with van der Waals surface area (Å²) in [7, 11) is 0. The molecule has 1 heterocycles. The zero-order valence-corrected chi connectivity index (χ0v) is 12.8. The molecule has 1 saturated carbocycles. The Morgan fingerprint density at radius 2 is 1.80 bits per heavy atom. The zero-order chi connectivity index (χ0) is 14.5. The Balaban J connectivity index is 2.07. The Labute approximate surface area is 124 Å². The lowest BCUT2D eigenvalue weighted by molar-refractivity contribution is 0.126. The number of hydrogen-bond donors (Lipinski definition) is 2. The molecule has 2 N–H and O–H groups in total. The number of nitrogens with one attached hydrogen (secondary N) is 1. The second-order valence-electron chi connectivity index (χ2n) is 5.05. The molecular weight excluding hydrogens is 278 g/mol. The number of anilines is 2. The molecule has 0 amide bonds. The summed E-state index contributed by atoms with van der Waals surface area (Å²) in [6, 6.07) is 0.293. The van der Waals surface area contributed by atoms with E-state index in [-0.39, 0.29) is 11.4 Å². The standard InChI is InChI=1S/C13H22ClN5O/c1-3-19(4-2)13-17-11(14)16-12(18-13)15-9-5-7-10(20)8-6-9/h9-10,20H,3-8H2,1-2H3,(H,15,16,17,18). The molecule has 0 saturated heterocycles. The molecule has 1 fully saturated rings. The number of hydrogen-bond acceptors (Lipinski definition) is 6. The van der Waals surface area contributed by atoms with Crippen molar-refractivity contribution < 1.29 is 5.11 Å². The highest BCUT2D eigenvalue weighted by Crippen LogP contribution is 2.22. The molecule has 0 radical (unpaired) electrons. The number of rotatable bonds is 5. The predicted molar refractivity (Wildman–Crippen MR) is 80.3 cm³/mol. The van der Waals surface area contributed by atoms with Crippen LogP contribution in [-0.4, -0.2) is 45.3 Å². The van der Waals surface area contributed by atoms with Gasteiger partial charge in [0.1, 0.15) is 0 Å². The molecule has 2 rings (SSSR count). The molecule has 7 heteroatoms. The van der Waals surface area contributed by atoms with Crippen molar-refractivity contribution >= 4 is 23.5 Å². The second kappa shape index (κ2) is 7.04. The number of aliphatic hydroxyl groups is 1. The summed E-state index contributed by atoms with van der Waals surface area (Å²) in [4.78, 5) is 14.8. The molecule has 6 nitrogen and oxygen atoms in total. The van der Waals surface area contributed by atoms with Crippen LogP contribution in [0.5, 0.6) is 0 Å². The van der Waals surface area contributed by atoms with Crippen molar-refractivity contribution in [2.75, 3.05) is 23.3 Å². The molecule has 0 aromatic carbocycles. The number of aromatic nitrogens is 3. The van der Waals surface area contributed by atoms with Crippen LogP contribution in [0, 0.1) is 0 Å². The quantitative estimate of drug-likeness (QED) is 0.867. The van der Waals surface area contributed by atoms with Gasteiger partial charge in [0.25, 0.3) is 0 Å². The highest BCUT2D eigenvalue weighted by atomic mass is 35.5. The fourth-order valence-corrected chi connectivity index (χ4v) is 2.61. The van der Waals surface area contributed by atoms with Gasteiger partial charge in [0.2, 0.25) is 17.2 Å². The normalized spacial score (nSPS) is 22.6. The van der Waals surface area contributed by atoms with Gasteiger partial charge >= 0.3 is 0 Å². The Morgan fingerprint density at radius 3 is 2.40 bits per heavy atom. The van der Waals surface area contributed by atoms with Gasteiger partial charge in [0.05, 0.1) is 6.10 Å². The van der Waals surface area contributed by atoms with Gasteiger partial charge in [-0.15, -0.1) is 0 Å². The summed E-state index contributed by atoms with van der Waals surface area (Å²) in [5.74, 6) is 1.13. The van der Waals surface area contributed by atoms with Gasteiger partial charge in [-0.3, -0.25) is 0 Å². The minimum Gasteiger partial charge on any atom is -0.393 e. The SMILES string of the molecule is CCN(CC)c1nc(Cl)nc(NC2CCC(O)CC2)n1. The summed E-state index contributed by atoms with van der Waals surface area (Å²) in [5, 5.41) is 13.0. The van der Waals surface area contributed by atoms with Gasteiger partial charge in [-0.05, 0) is 51.1 Å². The molecule has 0 unspecified atom stereocenters. The van der Waals surface area contributed by atoms with Gasteiger partial charge < -0.3 is 15.3 Å². The van der Waals surface area contributed by atoms with Crippen LogP contribution in [-0.2, 0) is 0 Å². The second-order valence-corrected chi connectivity index (χ2v) is 5.39. The van der Waals surface area contributed by atoms with Crippen LogP contribution in [0.3, 0.4) is 0 Å². The van der Waals surface area contributed by atoms with Crippen molar-refractivity contribution in [1.82, 2.24) is 15.0 Å². The van der Waals surface area contributed by atoms with E-state index in [1.54, 1.807) is 0 Å². The first kappa shape index (κ1) is 15.3. The maximum Gasteiger partial charge on any atom is 0.231 e. The minimum absolute atomic E-state index is 0.166. The average Bonchev–Trinajstić information content (AvgIpc) is 2.42. The predicted octanol–water partition coefficient (Wildman–Crippen LogP) is 2.09. The van der Waals surface area contributed by atoms with E-state index in [4.69, 9.17) is 11.6 Å². The molecule has 1 aliphatic carbocycles. The van der Waals surface area contributed by atoms with E-state index in [0.717, 1.165) is 38.8 Å². The van der Waals surface area contributed by atoms with Crippen molar-refractivity contribution in [1.29, 1.82) is 0 Å². The summed E-state index contributed by atoms with van der Waals surface area (Å²) < 4.78 is 0. The maximum absolute atomic E-state index is 9.52. The highest BCUT2D eigenvalue weighted by Gasteiger charge is 2.20. The summed E-state index contributed by atoms with van der Waals surface area (Å²) >= 11 is 5.98. The van der Waals surface area contributed by atoms with Crippen LogP contribution in [0.15, 0.2) is 0 Å². The van der Waals surface area contributed by atoms with Gasteiger partial charge in [0, 0.05) is 19.1 Å². The third-order valence-electron chi connectivity index (χ3n) is 3.67. The smallest absolute Gasteiger partial charge is 0.231 e. The number of aliphatic hydroxyl groups excluding tert-OH is 1. The molecular formula is C13H22ClN5O. The lowest BCUT2D eigenvalue weighted by atomic mass is 9.93. The highest BCUT2D eigenvalue weighted by molar-refractivity contribution is 6.28. The first-order valence-electron chi connectivity index (χ1n) is 7.23. The van der Waals surface area contributed by atoms with Gasteiger partial charge in [0.15, 0.2) is 0 Å². The van der Waals surface area contributed by atoms with E-state index in [0.29, 0.717) is 17.9 Å². The summed E-state index contributed by atoms with van der Waals surface area (Å²) in [6.45, 7) is 5.76. The van der Waals surface area contributed by atoms with E-state index in [1.807, 2.05) is 4.90 Å². The van der Waals surface area contributed by atoms with Crippen molar-refractivity contribution in [2.45, 2.75) is 51.7 Å². The maximum atomic E-state index is 9.52. The fourth-order valence-electron chi connectivity index (χ4n) is 2.45. The first-order chi connectivity index (χ1) is 9.62. The van der Waals surface area contributed by atoms with Crippen LogP contribution in [0.1, 0.15) is 39.5 Å². The molecule has 0 bridgehead atoms. The van der Waals surface area contributed by atoms with Crippen molar-refractivity contribution in [3.8, 4) is 0 Å². The van der Waals surface area contributed by atoms with Crippen LogP contribution in [0.2, 0.25) is 5.28 Å². The van der Waals surface area contributed by atoms with Crippen LogP contribution in [0.25, 0.3) is 0 Å². The van der Waals surface area contributed by atoms with E-state index in [1.165, 1.54) is 0 Å². The van der Waals surface area contributed by atoms with Crippen LogP contribution < -0.4 is 10.2 Å². The molecule has 0 aliphatic heterocycles. The summed E-state index contributed by atoms with van der Waals surface area (Å²) in [6.07, 6.45) is 3.32. The molecule has 1 aromatic rings. The molecule has 1 aliphatic rings. The Kier molecular flexibility index (Phi) is 5.37. The average molecular weight is 300 g/mol. The van der Waals surface area contributed by atoms with Crippen LogP contribution >= 0.6 is 11.6 Å².